The van der Waals surface area contributed by atoms with E-state index in [0.29, 0.717) is 34.1 Å². The largest absolute Gasteiger partial charge is 0.444 e. The summed E-state index contributed by atoms with van der Waals surface area (Å²) in [6.45, 7) is 7.64. The van der Waals surface area contributed by atoms with E-state index in [-0.39, 0.29) is 5.56 Å². The third-order valence-corrected chi connectivity index (χ3v) is 5.53. The minimum absolute atomic E-state index is 0.00829. The van der Waals surface area contributed by atoms with E-state index in [2.05, 4.69) is 36.1 Å². The van der Waals surface area contributed by atoms with Crippen LogP contribution in [0.3, 0.4) is 0 Å². The van der Waals surface area contributed by atoms with Crippen LogP contribution in [-0.2, 0) is 4.74 Å². The Bertz CT molecular complexity index is 994. The summed E-state index contributed by atoms with van der Waals surface area (Å²) in [7, 11) is 0. The first-order chi connectivity index (χ1) is 14.7. The zero-order valence-electron chi connectivity index (χ0n) is 17.8. The van der Waals surface area contributed by atoms with Crippen LogP contribution in [0.5, 0.6) is 0 Å². The average molecular weight is 490 g/mol. The number of anilines is 1. The van der Waals surface area contributed by atoms with E-state index < -0.39 is 17.5 Å². The fraction of sp³-hybridized carbons (Fsp3) is 0.455. The molecule has 1 aliphatic heterocycles. The van der Waals surface area contributed by atoms with Crippen molar-refractivity contribution in [2.45, 2.75) is 39.2 Å². The number of carbonyl (C=O) groups is 1. The van der Waals surface area contributed by atoms with E-state index in [0.717, 1.165) is 25.9 Å². The van der Waals surface area contributed by atoms with Crippen LogP contribution in [0.2, 0.25) is 0 Å². The molecule has 9 heteroatoms. The standard InChI is InChI=1S/C22H25BrFN5O2/c1-22(2,3)31-21(30)27-12-14-6-8-29(9-7-14)18-13-26-20(23)19(28-18)15-4-5-16(11-25)17(24)10-15/h4-5,10,13-14H,6-9,12H2,1-3H3,(H,27,30). The molecule has 0 saturated carbocycles. The monoisotopic (exact) mass is 489 g/mol. The lowest BCUT2D eigenvalue weighted by Crippen LogP contribution is -2.40. The number of amides is 1. The van der Waals surface area contributed by atoms with Gasteiger partial charge in [-0.05, 0) is 67.6 Å². The van der Waals surface area contributed by atoms with Gasteiger partial charge in [0.15, 0.2) is 0 Å². The van der Waals surface area contributed by atoms with E-state index >= 15 is 0 Å². The zero-order chi connectivity index (χ0) is 22.6. The Hall–Kier alpha value is -2.73. The van der Waals surface area contributed by atoms with Crippen LogP contribution in [0.4, 0.5) is 15.0 Å². The number of hydrogen-bond acceptors (Lipinski definition) is 6. The smallest absolute Gasteiger partial charge is 0.407 e. The number of hydrogen-bond donors (Lipinski definition) is 1. The second kappa shape index (κ2) is 9.60. The van der Waals surface area contributed by atoms with Crippen LogP contribution >= 0.6 is 15.9 Å². The van der Waals surface area contributed by atoms with Crippen molar-refractivity contribution in [3.8, 4) is 17.3 Å². The van der Waals surface area contributed by atoms with Gasteiger partial charge >= 0.3 is 6.09 Å². The molecule has 0 bridgehead atoms. The maximum absolute atomic E-state index is 14.1. The Morgan fingerprint density at radius 1 is 1.39 bits per heavy atom. The van der Waals surface area contributed by atoms with Gasteiger partial charge in [0, 0.05) is 25.2 Å². The normalized spacial score (nSPS) is 14.8. The molecule has 0 aliphatic carbocycles. The minimum Gasteiger partial charge on any atom is -0.444 e. The summed E-state index contributed by atoms with van der Waals surface area (Å²) in [5.41, 5.74) is 0.554. The molecule has 0 radical (unpaired) electrons. The number of carbonyl (C=O) groups excluding carboxylic acids is 1. The van der Waals surface area contributed by atoms with Crippen molar-refractivity contribution in [3.63, 3.8) is 0 Å². The van der Waals surface area contributed by atoms with E-state index in [1.54, 1.807) is 12.3 Å². The molecule has 1 aromatic carbocycles. The maximum Gasteiger partial charge on any atom is 0.407 e. The lowest BCUT2D eigenvalue weighted by molar-refractivity contribution is 0.0517. The number of benzene rings is 1. The van der Waals surface area contributed by atoms with E-state index in [9.17, 15) is 9.18 Å². The van der Waals surface area contributed by atoms with Gasteiger partial charge in [-0.15, -0.1) is 0 Å². The Morgan fingerprint density at radius 2 is 2.10 bits per heavy atom. The van der Waals surface area contributed by atoms with Crippen LogP contribution in [0, 0.1) is 23.1 Å². The highest BCUT2D eigenvalue weighted by atomic mass is 79.9. The van der Waals surface area contributed by atoms with Crippen LogP contribution in [0.1, 0.15) is 39.2 Å². The van der Waals surface area contributed by atoms with Crippen LogP contribution < -0.4 is 10.2 Å². The molecule has 2 aromatic rings. The number of halogens is 2. The average Bonchev–Trinajstić information content (AvgIpc) is 2.72. The lowest BCUT2D eigenvalue weighted by atomic mass is 9.97. The molecule has 164 valence electrons. The number of ether oxygens (including phenoxy) is 1. The van der Waals surface area contributed by atoms with Crippen LogP contribution in [0.25, 0.3) is 11.3 Å². The van der Waals surface area contributed by atoms with Crippen LogP contribution in [0.15, 0.2) is 29.0 Å². The molecule has 1 aliphatic rings. The highest BCUT2D eigenvalue weighted by Gasteiger charge is 2.23. The van der Waals surface area contributed by atoms with Gasteiger partial charge in [0.05, 0.1) is 11.8 Å². The van der Waals surface area contributed by atoms with Gasteiger partial charge in [-0.1, -0.05) is 6.07 Å². The highest BCUT2D eigenvalue weighted by Crippen LogP contribution is 2.29. The van der Waals surface area contributed by atoms with Crippen molar-refractivity contribution in [1.82, 2.24) is 15.3 Å². The molecule has 1 amide bonds. The summed E-state index contributed by atoms with van der Waals surface area (Å²) < 4.78 is 19.8. The summed E-state index contributed by atoms with van der Waals surface area (Å²) in [4.78, 5) is 23.0. The molecular formula is C22H25BrFN5O2. The quantitative estimate of drug-likeness (QED) is 0.671. The van der Waals surface area contributed by atoms with Crippen molar-refractivity contribution in [2.24, 2.45) is 5.92 Å². The molecule has 7 nitrogen and oxygen atoms in total. The maximum atomic E-state index is 14.1. The van der Waals surface area contributed by atoms with Crippen molar-refractivity contribution in [3.05, 3.63) is 40.4 Å². The topological polar surface area (TPSA) is 91.1 Å². The molecule has 0 spiro atoms. The van der Waals surface area contributed by atoms with Gasteiger partial charge < -0.3 is 15.0 Å². The van der Waals surface area contributed by atoms with Gasteiger partial charge in [0.25, 0.3) is 0 Å². The lowest BCUT2D eigenvalue weighted by Gasteiger charge is -2.33. The zero-order valence-corrected chi connectivity index (χ0v) is 19.4. The molecule has 3 rings (SSSR count). The molecule has 2 heterocycles. The number of nitriles is 1. The van der Waals surface area contributed by atoms with Gasteiger partial charge in [0.1, 0.15) is 33.6 Å². The van der Waals surface area contributed by atoms with Gasteiger partial charge in [-0.25, -0.2) is 19.2 Å². The number of nitrogens with one attached hydrogen (secondary N) is 1. The Kier molecular flexibility index (Phi) is 7.11. The Balaban J connectivity index is 1.62. The van der Waals surface area contributed by atoms with Crippen molar-refractivity contribution < 1.29 is 13.9 Å². The SMILES string of the molecule is CC(C)(C)OC(=O)NCC1CCN(c2cnc(Br)c(-c3ccc(C#N)c(F)c3)n2)CC1. The van der Waals surface area contributed by atoms with Crippen molar-refractivity contribution in [1.29, 1.82) is 5.26 Å². The first kappa shape index (κ1) is 22.9. The third kappa shape index (κ3) is 6.14. The second-order valence-electron chi connectivity index (χ2n) is 8.49. The summed E-state index contributed by atoms with van der Waals surface area (Å²) in [6, 6.07) is 6.22. The molecule has 31 heavy (non-hydrogen) atoms. The first-order valence-corrected chi connectivity index (χ1v) is 10.9. The molecule has 0 unspecified atom stereocenters. The summed E-state index contributed by atoms with van der Waals surface area (Å²) >= 11 is 3.38. The molecule has 1 N–H and O–H groups in total. The van der Waals surface area contributed by atoms with Crippen molar-refractivity contribution in [2.75, 3.05) is 24.5 Å². The van der Waals surface area contributed by atoms with Gasteiger partial charge in [-0.3, -0.25) is 0 Å². The van der Waals surface area contributed by atoms with E-state index in [1.807, 2.05) is 26.8 Å². The predicted octanol–water partition coefficient (Wildman–Crippen LogP) is 4.66. The number of rotatable bonds is 4. The van der Waals surface area contributed by atoms with E-state index in [1.165, 1.54) is 12.1 Å². The Morgan fingerprint density at radius 3 is 2.71 bits per heavy atom. The molecule has 1 fully saturated rings. The van der Waals surface area contributed by atoms with Gasteiger partial charge in [0.2, 0.25) is 0 Å². The van der Waals surface area contributed by atoms with E-state index in [4.69, 9.17) is 10.00 Å². The number of alkyl carbamates (subject to hydrolysis) is 1. The Labute approximate surface area is 189 Å². The fourth-order valence-electron chi connectivity index (χ4n) is 3.36. The van der Waals surface area contributed by atoms with Gasteiger partial charge in [-0.2, -0.15) is 5.26 Å². The van der Waals surface area contributed by atoms with Crippen LogP contribution in [-0.4, -0.2) is 41.3 Å². The van der Waals surface area contributed by atoms with Crippen molar-refractivity contribution >= 4 is 27.8 Å². The fourth-order valence-corrected chi connectivity index (χ4v) is 3.78. The number of nitrogens with zero attached hydrogens (tertiary/aromatic N) is 4. The highest BCUT2D eigenvalue weighted by molar-refractivity contribution is 9.10. The first-order valence-electron chi connectivity index (χ1n) is 10.1. The summed E-state index contributed by atoms with van der Waals surface area (Å²) in [5, 5.41) is 11.8. The molecule has 0 atom stereocenters. The predicted molar refractivity (Wildman–Crippen MR) is 119 cm³/mol. The molecule has 1 saturated heterocycles. The molecule has 1 aromatic heterocycles. The minimum atomic E-state index is -0.586. The number of aromatic nitrogens is 2. The second-order valence-corrected chi connectivity index (χ2v) is 9.24. The molecular weight excluding hydrogens is 465 g/mol. The summed E-state index contributed by atoms with van der Waals surface area (Å²) in [6.07, 6.45) is 3.09. The summed E-state index contributed by atoms with van der Waals surface area (Å²) in [5.74, 6) is 0.484. The number of piperidine rings is 1. The third-order valence-electron chi connectivity index (χ3n) is 4.95.